The van der Waals surface area contributed by atoms with E-state index in [1.807, 2.05) is 20.8 Å². The van der Waals surface area contributed by atoms with Gasteiger partial charge in [-0.1, -0.05) is 50.2 Å². The molecule has 0 rings (SSSR count). The number of nitrogens with zero attached hydrogens (tertiary/aromatic N) is 1. The molecule has 0 N–H and O–H groups in total. The van der Waals surface area contributed by atoms with Gasteiger partial charge >= 0.3 is 0 Å². The maximum absolute atomic E-state index is 5.43. The normalized spacial score (nSPS) is 11.1. The summed E-state index contributed by atoms with van der Waals surface area (Å²) < 4.78 is 9.83. The molecule has 0 aromatic rings. The molecule has 0 atom stereocenters. The standard InChI is InChI=1S/C8H15NO2.C5H6Cl2.C2H6/c1-7(2)5-9-6-8(10-3)11-4;1-3-5(7)4(2)6;1-2/h5,8H,1,6H2,2-4H3;3H,1H2,2H3;1-2H3/b;5-4-;. The maximum Gasteiger partial charge on any atom is 0.176 e. The highest BCUT2D eigenvalue weighted by Crippen LogP contribution is 2.12. The Morgan fingerprint density at radius 2 is 1.65 bits per heavy atom. The second-order valence-corrected chi connectivity index (χ2v) is 4.30. The molecule has 0 aromatic carbocycles. The summed E-state index contributed by atoms with van der Waals surface area (Å²) in [7, 11) is 3.18. The molecule has 20 heavy (non-hydrogen) atoms. The van der Waals surface area contributed by atoms with E-state index in [4.69, 9.17) is 32.7 Å². The Balaban J connectivity index is -0.000000277. The number of methoxy groups -OCH3 is 2. The van der Waals surface area contributed by atoms with Crippen molar-refractivity contribution in [3.8, 4) is 0 Å². The van der Waals surface area contributed by atoms with Crippen LogP contribution in [0.15, 0.2) is 39.9 Å². The van der Waals surface area contributed by atoms with Gasteiger partial charge in [0, 0.05) is 25.5 Å². The van der Waals surface area contributed by atoms with Crippen molar-refractivity contribution in [1.82, 2.24) is 0 Å². The van der Waals surface area contributed by atoms with Gasteiger partial charge in [0.2, 0.25) is 0 Å². The summed E-state index contributed by atoms with van der Waals surface area (Å²) in [5.74, 6) is 0. The molecule has 5 heteroatoms. The molecule has 0 aliphatic heterocycles. The van der Waals surface area contributed by atoms with Gasteiger partial charge in [-0.2, -0.15) is 0 Å². The Bertz CT molecular complexity index is 305. The van der Waals surface area contributed by atoms with E-state index >= 15 is 0 Å². The van der Waals surface area contributed by atoms with E-state index in [1.54, 1.807) is 27.4 Å². The zero-order valence-electron chi connectivity index (χ0n) is 13.4. The molecular weight excluding hydrogens is 297 g/mol. The van der Waals surface area contributed by atoms with E-state index in [-0.39, 0.29) is 6.29 Å². The van der Waals surface area contributed by atoms with Crippen LogP contribution in [0.25, 0.3) is 0 Å². The van der Waals surface area contributed by atoms with Gasteiger partial charge in [0.05, 0.1) is 11.6 Å². The fraction of sp³-hybridized carbons (Fsp3) is 0.533. The van der Waals surface area contributed by atoms with Crippen molar-refractivity contribution in [1.29, 1.82) is 0 Å². The lowest BCUT2D eigenvalue weighted by Crippen LogP contribution is -2.16. The summed E-state index contributed by atoms with van der Waals surface area (Å²) in [4.78, 5) is 4.04. The minimum atomic E-state index is -0.245. The summed E-state index contributed by atoms with van der Waals surface area (Å²) >= 11 is 10.8. The Morgan fingerprint density at radius 1 is 1.20 bits per heavy atom. The van der Waals surface area contributed by atoms with E-state index in [2.05, 4.69) is 18.2 Å². The van der Waals surface area contributed by atoms with Crippen molar-refractivity contribution in [2.24, 2.45) is 4.99 Å². The summed E-state index contributed by atoms with van der Waals surface area (Å²) in [5, 5.41) is 1.10. The third-order valence-electron chi connectivity index (χ3n) is 1.60. The topological polar surface area (TPSA) is 30.8 Å². The van der Waals surface area contributed by atoms with Crippen LogP contribution in [0.1, 0.15) is 27.7 Å². The molecule has 0 bridgehead atoms. The van der Waals surface area contributed by atoms with E-state index in [9.17, 15) is 0 Å². The second kappa shape index (κ2) is 18.4. The molecule has 0 aliphatic carbocycles. The van der Waals surface area contributed by atoms with Crippen LogP contribution in [0.3, 0.4) is 0 Å². The lowest BCUT2D eigenvalue weighted by molar-refractivity contribution is -0.0936. The monoisotopic (exact) mass is 323 g/mol. The number of hydrogen-bond donors (Lipinski definition) is 0. The largest absolute Gasteiger partial charge is 0.354 e. The van der Waals surface area contributed by atoms with Crippen molar-refractivity contribution in [3.05, 3.63) is 34.9 Å². The number of ether oxygens (including phenoxy) is 2. The lowest BCUT2D eigenvalue weighted by atomic mass is 10.4. The predicted octanol–water partition coefficient (Wildman–Crippen LogP) is 5.16. The van der Waals surface area contributed by atoms with Gasteiger partial charge in [-0.15, -0.1) is 0 Å². The molecule has 0 aromatic heterocycles. The Kier molecular flexibility index (Phi) is 22.4. The molecule has 0 unspecified atom stereocenters. The molecule has 0 aliphatic rings. The summed E-state index contributed by atoms with van der Waals surface area (Å²) in [6, 6.07) is 0. The average molecular weight is 324 g/mol. The van der Waals surface area contributed by atoms with Crippen LogP contribution in [0.5, 0.6) is 0 Å². The van der Waals surface area contributed by atoms with Crippen molar-refractivity contribution in [2.45, 2.75) is 34.0 Å². The third-order valence-corrected chi connectivity index (χ3v) is 2.34. The number of aliphatic imine (C=N–C) groups is 1. The molecule has 0 saturated heterocycles. The van der Waals surface area contributed by atoms with Crippen molar-refractivity contribution in [2.75, 3.05) is 20.8 Å². The smallest absolute Gasteiger partial charge is 0.176 e. The van der Waals surface area contributed by atoms with Gasteiger partial charge in [0.15, 0.2) is 6.29 Å². The number of hydrogen-bond acceptors (Lipinski definition) is 3. The van der Waals surface area contributed by atoms with Crippen LogP contribution in [-0.4, -0.2) is 33.3 Å². The van der Waals surface area contributed by atoms with Crippen LogP contribution in [0, 0.1) is 0 Å². The molecule has 0 saturated carbocycles. The van der Waals surface area contributed by atoms with E-state index < -0.39 is 0 Å². The first-order chi connectivity index (χ1) is 9.38. The van der Waals surface area contributed by atoms with Crippen LogP contribution in [-0.2, 0) is 9.47 Å². The Labute approximate surface area is 134 Å². The Hall–Kier alpha value is -0.610. The number of allylic oxidation sites excluding steroid dienone is 4. The zero-order valence-corrected chi connectivity index (χ0v) is 14.9. The highest BCUT2D eigenvalue weighted by molar-refractivity contribution is 6.39. The second-order valence-electron chi connectivity index (χ2n) is 3.33. The zero-order chi connectivity index (χ0) is 16.6. The predicted molar refractivity (Wildman–Crippen MR) is 91.9 cm³/mol. The van der Waals surface area contributed by atoms with Crippen LogP contribution < -0.4 is 0 Å². The summed E-state index contributed by atoms with van der Waals surface area (Å²) in [6.07, 6.45) is 2.96. The SMILES string of the molecule is C=C(C)C=NCC(OC)OC.C=C/C(Cl)=C(\C)Cl.CC. The molecule has 118 valence electrons. The van der Waals surface area contributed by atoms with Crippen LogP contribution in [0.4, 0.5) is 0 Å². The van der Waals surface area contributed by atoms with Gasteiger partial charge in [0.1, 0.15) is 0 Å². The maximum atomic E-state index is 5.43. The molecular formula is C15H27Cl2NO2. The van der Waals surface area contributed by atoms with Crippen LogP contribution in [0.2, 0.25) is 0 Å². The van der Waals surface area contributed by atoms with E-state index in [0.29, 0.717) is 16.6 Å². The highest BCUT2D eigenvalue weighted by atomic mass is 35.5. The lowest BCUT2D eigenvalue weighted by Gasteiger charge is -2.09. The van der Waals surface area contributed by atoms with Crippen molar-refractivity contribution >= 4 is 29.4 Å². The van der Waals surface area contributed by atoms with E-state index in [0.717, 1.165) is 5.57 Å². The van der Waals surface area contributed by atoms with Gasteiger partial charge in [-0.25, -0.2) is 0 Å². The molecule has 0 amide bonds. The minimum absolute atomic E-state index is 0.245. The number of rotatable bonds is 6. The van der Waals surface area contributed by atoms with Crippen molar-refractivity contribution in [3.63, 3.8) is 0 Å². The quantitative estimate of drug-likeness (QED) is 0.384. The van der Waals surface area contributed by atoms with Gasteiger partial charge in [0.25, 0.3) is 0 Å². The molecule has 0 heterocycles. The minimum Gasteiger partial charge on any atom is -0.354 e. The van der Waals surface area contributed by atoms with Crippen LogP contribution >= 0.6 is 23.2 Å². The first-order valence-electron chi connectivity index (χ1n) is 6.24. The molecule has 0 radical (unpaired) electrons. The molecule has 0 spiro atoms. The summed E-state index contributed by atoms with van der Waals surface area (Å²) in [6.45, 7) is 15.2. The van der Waals surface area contributed by atoms with Gasteiger partial charge in [-0.05, 0) is 25.5 Å². The van der Waals surface area contributed by atoms with Gasteiger partial charge in [-0.3, -0.25) is 4.99 Å². The first-order valence-corrected chi connectivity index (χ1v) is 6.99. The molecule has 0 fully saturated rings. The fourth-order valence-corrected chi connectivity index (χ4v) is 0.758. The first kappa shape index (κ1) is 24.4. The average Bonchev–Trinajstić information content (AvgIpc) is 2.45. The van der Waals surface area contributed by atoms with Gasteiger partial charge < -0.3 is 9.47 Å². The Morgan fingerprint density at radius 3 is 1.85 bits per heavy atom. The number of halogens is 2. The van der Waals surface area contributed by atoms with E-state index in [1.165, 1.54) is 6.08 Å². The van der Waals surface area contributed by atoms with Crippen molar-refractivity contribution < 1.29 is 9.47 Å². The fourth-order valence-electron chi connectivity index (χ4n) is 0.681. The summed E-state index contributed by atoms with van der Waals surface area (Å²) in [5.41, 5.74) is 0.927. The molecule has 3 nitrogen and oxygen atoms in total. The highest BCUT2D eigenvalue weighted by Gasteiger charge is 2.00. The third kappa shape index (κ3) is 19.7.